The molecule has 0 bridgehead atoms. The largest absolute Gasteiger partial charge is 0.367 e. The predicted octanol–water partition coefficient (Wildman–Crippen LogP) is 4.05. The highest BCUT2D eigenvalue weighted by atomic mass is 32.2. The van der Waals surface area contributed by atoms with Crippen LogP contribution in [-0.4, -0.2) is 59.8 Å². The lowest BCUT2D eigenvalue weighted by Crippen LogP contribution is -2.43. The summed E-state index contributed by atoms with van der Waals surface area (Å²) in [5.41, 5.74) is 4.06. The molecule has 2 heterocycles. The summed E-state index contributed by atoms with van der Waals surface area (Å²) in [5, 5.41) is 3.88. The first kappa shape index (κ1) is 24.0. The van der Waals surface area contributed by atoms with Crippen molar-refractivity contribution in [3.8, 4) is 0 Å². The number of amidine groups is 1. The summed E-state index contributed by atoms with van der Waals surface area (Å²) in [4.78, 5) is 34.2. The zero-order valence-electron chi connectivity index (χ0n) is 19.8. The van der Waals surface area contributed by atoms with Gasteiger partial charge in [0.05, 0.1) is 23.9 Å². The predicted molar refractivity (Wildman–Crippen MR) is 137 cm³/mol. The van der Waals surface area contributed by atoms with Gasteiger partial charge in [0.2, 0.25) is 5.91 Å². The topological polar surface area (TPSA) is 74.2 Å². The molecule has 0 aliphatic carbocycles. The molecule has 4 rings (SSSR count). The number of hydrogen-bond acceptors (Lipinski definition) is 6. The number of aliphatic imine (C=N–C) groups is 1. The highest BCUT2D eigenvalue weighted by Gasteiger charge is 2.37. The van der Waals surface area contributed by atoms with E-state index >= 15 is 0 Å². The Morgan fingerprint density at radius 1 is 1.18 bits per heavy atom. The second-order valence-electron chi connectivity index (χ2n) is 8.54. The van der Waals surface area contributed by atoms with E-state index in [4.69, 9.17) is 9.73 Å². The van der Waals surface area contributed by atoms with Crippen LogP contribution in [0.25, 0.3) is 0 Å². The zero-order valence-corrected chi connectivity index (χ0v) is 20.6. The Labute approximate surface area is 204 Å². The van der Waals surface area contributed by atoms with Gasteiger partial charge in [0, 0.05) is 32.1 Å². The first-order chi connectivity index (χ1) is 16.4. The molecular formula is C26H30N4O3S. The van der Waals surface area contributed by atoms with Crippen LogP contribution in [0.5, 0.6) is 0 Å². The van der Waals surface area contributed by atoms with Gasteiger partial charge in [-0.2, -0.15) is 0 Å². The number of benzene rings is 2. The number of allylic oxidation sites excluding steroid dienone is 1. The first-order valence-corrected chi connectivity index (χ1v) is 12.3. The number of hydrogen-bond donors (Lipinski definition) is 1. The fourth-order valence-corrected chi connectivity index (χ4v) is 5.17. The van der Waals surface area contributed by atoms with E-state index in [2.05, 4.69) is 10.2 Å². The molecule has 34 heavy (non-hydrogen) atoms. The van der Waals surface area contributed by atoms with Crippen LogP contribution in [0, 0.1) is 0 Å². The maximum absolute atomic E-state index is 13.1. The molecule has 0 saturated carbocycles. The number of anilines is 1. The van der Waals surface area contributed by atoms with Gasteiger partial charge in [0.15, 0.2) is 5.17 Å². The summed E-state index contributed by atoms with van der Waals surface area (Å²) in [6, 6.07) is 17.2. The third kappa shape index (κ3) is 5.51. The normalized spacial score (nSPS) is 17.7. The lowest BCUT2D eigenvalue weighted by molar-refractivity contribution is -0.125. The van der Waals surface area contributed by atoms with Crippen molar-refractivity contribution in [2.75, 3.05) is 38.3 Å². The number of amides is 2. The fourth-order valence-electron chi connectivity index (χ4n) is 4.15. The zero-order chi connectivity index (χ0) is 24.1. The van der Waals surface area contributed by atoms with Crippen molar-refractivity contribution in [3.63, 3.8) is 0 Å². The molecular weight excluding hydrogens is 448 g/mol. The van der Waals surface area contributed by atoms with E-state index in [9.17, 15) is 9.59 Å². The van der Waals surface area contributed by atoms with E-state index in [-0.39, 0.29) is 24.5 Å². The van der Waals surface area contributed by atoms with Crippen molar-refractivity contribution in [2.24, 2.45) is 4.99 Å². The van der Waals surface area contributed by atoms with Crippen LogP contribution in [0.2, 0.25) is 0 Å². The molecule has 2 aliphatic rings. The summed E-state index contributed by atoms with van der Waals surface area (Å²) in [7, 11) is 3.52. The SMILES string of the molecule is CC1=C(C(=O)N(C)C)C(c2cccc(NC(=O)COCc3ccccc3)c2)N2CCCSC2=N1. The fraction of sp³-hybridized carbons (Fsp3) is 0.346. The molecule has 8 heteroatoms. The molecule has 178 valence electrons. The molecule has 2 amide bonds. The van der Waals surface area contributed by atoms with E-state index in [1.807, 2.05) is 61.5 Å². The summed E-state index contributed by atoms with van der Waals surface area (Å²) >= 11 is 1.72. The molecule has 1 fully saturated rings. The molecule has 1 saturated heterocycles. The Hall–Kier alpha value is -3.10. The minimum Gasteiger partial charge on any atom is -0.367 e. The lowest BCUT2D eigenvalue weighted by atomic mass is 9.93. The third-order valence-corrected chi connectivity index (χ3v) is 6.80. The van der Waals surface area contributed by atoms with E-state index in [1.165, 1.54) is 0 Å². The van der Waals surface area contributed by atoms with Gasteiger partial charge in [0.1, 0.15) is 6.61 Å². The van der Waals surface area contributed by atoms with Crippen LogP contribution in [0.4, 0.5) is 5.69 Å². The van der Waals surface area contributed by atoms with Crippen LogP contribution < -0.4 is 5.32 Å². The number of fused-ring (bicyclic) bond motifs is 1. The van der Waals surface area contributed by atoms with Crippen molar-refractivity contribution in [3.05, 3.63) is 77.0 Å². The minimum absolute atomic E-state index is 0.0362. The smallest absolute Gasteiger partial charge is 0.253 e. The van der Waals surface area contributed by atoms with E-state index in [1.54, 1.807) is 30.8 Å². The first-order valence-electron chi connectivity index (χ1n) is 11.4. The Morgan fingerprint density at radius 2 is 1.97 bits per heavy atom. The average molecular weight is 479 g/mol. The minimum atomic E-state index is -0.249. The van der Waals surface area contributed by atoms with Gasteiger partial charge in [-0.15, -0.1) is 0 Å². The maximum atomic E-state index is 13.1. The monoisotopic (exact) mass is 478 g/mol. The molecule has 1 unspecified atom stereocenters. The van der Waals surface area contributed by atoms with E-state index in [0.717, 1.165) is 40.7 Å². The molecule has 7 nitrogen and oxygen atoms in total. The second kappa shape index (κ2) is 10.9. The van der Waals surface area contributed by atoms with Crippen LogP contribution >= 0.6 is 11.8 Å². The molecule has 1 N–H and O–H groups in total. The molecule has 0 radical (unpaired) electrons. The Balaban J connectivity index is 1.52. The van der Waals surface area contributed by atoms with Crippen molar-refractivity contribution in [1.29, 1.82) is 0 Å². The molecule has 2 aliphatic heterocycles. The van der Waals surface area contributed by atoms with Crippen molar-refractivity contribution >= 4 is 34.4 Å². The second-order valence-corrected chi connectivity index (χ2v) is 9.61. The van der Waals surface area contributed by atoms with Gasteiger partial charge >= 0.3 is 0 Å². The Bertz CT molecular complexity index is 1110. The van der Waals surface area contributed by atoms with Crippen LogP contribution in [0.15, 0.2) is 70.9 Å². The number of nitrogens with zero attached hydrogens (tertiary/aromatic N) is 3. The lowest BCUT2D eigenvalue weighted by Gasteiger charge is -2.41. The number of thioether (sulfide) groups is 1. The van der Waals surface area contributed by atoms with Gasteiger partial charge < -0.3 is 19.9 Å². The molecule has 1 atom stereocenters. The van der Waals surface area contributed by atoms with Crippen molar-refractivity contribution in [2.45, 2.75) is 26.0 Å². The maximum Gasteiger partial charge on any atom is 0.253 e. The number of carbonyl (C=O) groups excluding carboxylic acids is 2. The van der Waals surface area contributed by atoms with Gasteiger partial charge in [-0.1, -0.05) is 54.2 Å². The van der Waals surface area contributed by atoms with Crippen LogP contribution in [-0.2, 0) is 20.9 Å². The van der Waals surface area contributed by atoms with Crippen molar-refractivity contribution < 1.29 is 14.3 Å². The number of likely N-dealkylation sites (N-methyl/N-ethyl adjacent to an activating group) is 1. The van der Waals surface area contributed by atoms with Gasteiger partial charge in [-0.25, -0.2) is 4.99 Å². The standard InChI is InChI=1S/C26H30N4O3S/c1-18-23(25(32)29(2)3)24(30-13-8-14-34-26(30)27-18)20-11-7-12-21(15-20)28-22(31)17-33-16-19-9-5-4-6-10-19/h4-7,9-12,15,24H,8,13-14,16-17H2,1-3H3,(H,28,31). The van der Waals surface area contributed by atoms with Crippen molar-refractivity contribution in [1.82, 2.24) is 9.80 Å². The molecule has 0 aromatic heterocycles. The van der Waals surface area contributed by atoms with Gasteiger partial charge in [0.25, 0.3) is 5.91 Å². The van der Waals surface area contributed by atoms with E-state index < -0.39 is 0 Å². The summed E-state index contributed by atoms with van der Waals surface area (Å²) in [6.45, 7) is 3.08. The Morgan fingerprint density at radius 3 is 2.74 bits per heavy atom. The number of ether oxygens (including phenoxy) is 1. The molecule has 0 spiro atoms. The molecule has 2 aromatic rings. The summed E-state index contributed by atoms with van der Waals surface area (Å²) in [5.74, 6) is 0.749. The highest BCUT2D eigenvalue weighted by Crippen LogP contribution is 2.40. The van der Waals surface area contributed by atoms with Gasteiger partial charge in [-0.05, 0) is 36.6 Å². The Kier molecular flexibility index (Phi) is 7.70. The highest BCUT2D eigenvalue weighted by molar-refractivity contribution is 8.13. The third-order valence-electron chi connectivity index (χ3n) is 5.73. The molecule has 2 aromatic carbocycles. The number of carbonyl (C=O) groups is 2. The van der Waals surface area contributed by atoms with Gasteiger partial charge in [-0.3, -0.25) is 9.59 Å². The van der Waals surface area contributed by atoms with E-state index in [0.29, 0.717) is 17.9 Å². The summed E-state index contributed by atoms with van der Waals surface area (Å²) < 4.78 is 5.56. The van der Waals surface area contributed by atoms with Crippen LogP contribution in [0.1, 0.15) is 30.5 Å². The average Bonchev–Trinajstić information content (AvgIpc) is 2.83. The number of rotatable bonds is 7. The quantitative estimate of drug-likeness (QED) is 0.650. The summed E-state index contributed by atoms with van der Waals surface area (Å²) in [6.07, 6.45) is 1.03. The number of nitrogens with one attached hydrogen (secondary N) is 1. The van der Waals surface area contributed by atoms with Crippen LogP contribution in [0.3, 0.4) is 0 Å².